The Hall–Kier alpha value is -2.62. The molecule has 1 atom stereocenters. The van der Waals surface area contributed by atoms with Gasteiger partial charge in [-0.2, -0.15) is 0 Å². The van der Waals surface area contributed by atoms with Gasteiger partial charge in [0.2, 0.25) is 5.91 Å². The second-order valence-corrected chi connectivity index (χ2v) is 6.14. The van der Waals surface area contributed by atoms with Crippen LogP contribution in [0.3, 0.4) is 0 Å². The molecule has 2 rings (SSSR count). The van der Waals surface area contributed by atoms with Crippen LogP contribution in [0.25, 0.3) is 0 Å². The first-order valence-corrected chi connectivity index (χ1v) is 8.07. The standard InChI is InChI=1S/C20H23NO3/c1-14-10-15(2)12-17(11-14)8-9-19(22)21-18(20(23)24)13-16-6-4-3-5-7-16/h3-7,10-12,18H,8-9,13H2,1-2H3,(H,21,22)(H,23,24)/t18-/m1/s1. The van der Waals surface area contributed by atoms with E-state index >= 15 is 0 Å². The topological polar surface area (TPSA) is 66.4 Å². The monoisotopic (exact) mass is 325 g/mol. The molecule has 24 heavy (non-hydrogen) atoms. The Bertz CT molecular complexity index is 690. The number of aliphatic carboxylic acids is 1. The van der Waals surface area contributed by atoms with Gasteiger partial charge in [-0.1, -0.05) is 59.7 Å². The zero-order chi connectivity index (χ0) is 17.5. The van der Waals surface area contributed by atoms with Crippen LogP contribution in [0.2, 0.25) is 0 Å². The molecule has 2 N–H and O–H groups in total. The number of carboxylic acids is 1. The summed E-state index contributed by atoms with van der Waals surface area (Å²) in [6, 6.07) is 14.6. The van der Waals surface area contributed by atoms with Gasteiger partial charge in [0.05, 0.1) is 0 Å². The molecule has 0 aliphatic carbocycles. The molecular formula is C20H23NO3. The van der Waals surface area contributed by atoms with Crippen molar-refractivity contribution in [1.29, 1.82) is 0 Å². The maximum atomic E-state index is 12.1. The first-order valence-electron chi connectivity index (χ1n) is 8.07. The van der Waals surface area contributed by atoms with E-state index in [1.807, 2.05) is 44.2 Å². The van der Waals surface area contributed by atoms with Crippen molar-refractivity contribution in [3.8, 4) is 0 Å². The Morgan fingerprint density at radius 1 is 1.00 bits per heavy atom. The molecule has 0 saturated heterocycles. The van der Waals surface area contributed by atoms with Crippen LogP contribution in [-0.2, 0) is 22.4 Å². The maximum absolute atomic E-state index is 12.1. The molecule has 126 valence electrons. The van der Waals surface area contributed by atoms with Crippen molar-refractivity contribution in [2.75, 3.05) is 0 Å². The number of carbonyl (C=O) groups excluding carboxylic acids is 1. The van der Waals surface area contributed by atoms with Crippen LogP contribution in [-0.4, -0.2) is 23.0 Å². The minimum Gasteiger partial charge on any atom is -0.480 e. The SMILES string of the molecule is Cc1cc(C)cc(CCC(=O)N[C@H](Cc2ccccc2)C(=O)O)c1. The minimum atomic E-state index is -1.02. The first kappa shape index (κ1) is 17.7. The molecule has 4 nitrogen and oxygen atoms in total. The van der Waals surface area contributed by atoms with Crippen LogP contribution in [0.5, 0.6) is 0 Å². The minimum absolute atomic E-state index is 0.238. The van der Waals surface area contributed by atoms with Crippen molar-refractivity contribution in [1.82, 2.24) is 5.32 Å². The highest BCUT2D eigenvalue weighted by Gasteiger charge is 2.20. The highest BCUT2D eigenvalue weighted by Crippen LogP contribution is 2.11. The molecule has 2 aromatic rings. The molecule has 0 bridgehead atoms. The summed E-state index contributed by atoms with van der Waals surface area (Å²) in [6.45, 7) is 4.05. The quantitative estimate of drug-likeness (QED) is 0.822. The van der Waals surface area contributed by atoms with E-state index in [4.69, 9.17) is 0 Å². The number of hydrogen-bond donors (Lipinski definition) is 2. The average molecular weight is 325 g/mol. The third-order valence-corrected chi connectivity index (χ3v) is 3.84. The van der Waals surface area contributed by atoms with E-state index in [2.05, 4.69) is 23.5 Å². The van der Waals surface area contributed by atoms with Gasteiger partial charge in [-0.25, -0.2) is 4.79 Å². The van der Waals surface area contributed by atoms with Crippen molar-refractivity contribution in [2.45, 2.75) is 39.2 Å². The fourth-order valence-corrected chi connectivity index (χ4v) is 2.79. The van der Waals surface area contributed by atoms with Crippen LogP contribution in [0.4, 0.5) is 0 Å². The maximum Gasteiger partial charge on any atom is 0.326 e. The number of hydrogen-bond acceptors (Lipinski definition) is 2. The molecule has 0 heterocycles. The van der Waals surface area contributed by atoms with E-state index in [9.17, 15) is 14.7 Å². The Labute approximate surface area is 142 Å². The van der Waals surface area contributed by atoms with Crippen molar-refractivity contribution >= 4 is 11.9 Å². The molecule has 0 spiro atoms. The molecule has 2 aromatic carbocycles. The lowest BCUT2D eigenvalue weighted by atomic mass is 10.0. The van der Waals surface area contributed by atoms with Crippen LogP contribution < -0.4 is 5.32 Å². The van der Waals surface area contributed by atoms with Crippen molar-refractivity contribution in [2.24, 2.45) is 0 Å². The molecular weight excluding hydrogens is 302 g/mol. The highest BCUT2D eigenvalue weighted by atomic mass is 16.4. The average Bonchev–Trinajstić information content (AvgIpc) is 2.52. The summed E-state index contributed by atoms with van der Waals surface area (Å²) in [5.41, 5.74) is 4.31. The third-order valence-electron chi connectivity index (χ3n) is 3.84. The van der Waals surface area contributed by atoms with E-state index in [0.29, 0.717) is 6.42 Å². The predicted molar refractivity (Wildman–Crippen MR) is 93.9 cm³/mol. The van der Waals surface area contributed by atoms with Gasteiger partial charge in [-0.05, 0) is 31.4 Å². The van der Waals surface area contributed by atoms with Crippen molar-refractivity contribution in [3.63, 3.8) is 0 Å². The molecule has 0 saturated carbocycles. The molecule has 0 unspecified atom stereocenters. The van der Waals surface area contributed by atoms with Gasteiger partial charge >= 0.3 is 5.97 Å². The summed E-state index contributed by atoms with van der Waals surface area (Å²) < 4.78 is 0. The fourth-order valence-electron chi connectivity index (χ4n) is 2.79. The molecule has 0 aliphatic rings. The summed E-state index contributed by atoms with van der Waals surface area (Å²) in [6.07, 6.45) is 1.17. The lowest BCUT2D eigenvalue weighted by Crippen LogP contribution is -2.42. The number of aryl methyl sites for hydroxylation is 3. The number of carboxylic acid groups (broad SMARTS) is 1. The van der Waals surface area contributed by atoms with Gasteiger partial charge in [0.1, 0.15) is 6.04 Å². The smallest absolute Gasteiger partial charge is 0.326 e. The lowest BCUT2D eigenvalue weighted by molar-refractivity contribution is -0.141. The second kappa shape index (κ2) is 8.29. The van der Waals surface area contributed by atoms with E-state index in [1.165, 1.54) is 0 Å². The number of nitrogens with one attached hydrogen (secondary N) is 1. The molecule has 0 fully saturated rings. The molecule has 4 heteroatoms. The fraction of sp³-hybridized carbons (Fsp3) is 0.300. The summed E-state index contributed by atoms with van der Waals surface area (Å²) in [5, 5.41) is 12.0. The van der Waals surface area contributed by atoms with Crippen LogP contribution >= 0.6 is 0 Å². The van der Waals surface area contributed by atoms with Gasteiger partial charge in [-0.3, -0.25) is 4.79 Å². The molecule has 0 radical (unpaired) electrons. The van der Waals surface area contributed by atoms with Gasteiger partial charge in [0.15, 0.2) is 0 Å². The summed E-state index contributed by atoms with van der Waals surface area (Å²) in [7, 11) is 0. The van der Waals surface area contributed by atoms with Crippen LogP contribution in [0.1, 0.15) is 28.7 Å². The Kier molecular flexibility index (Phi) is 6.13. The molecule has 1 amide bonds. The lowest BCUT2D eigenvalue weighted by Gasteiger charge is -2.15. The first-order chi connectivity index (χ1) is 11.4. The van der Waals surface area contributed by atoms with E-state index in [1.54, 1.807) is 0 Å². The summed E-state index contributed by atoms with van der Waals surface area (Å²) in [4.78, 5) is 23.5. The number of rotatable bonds is 7. The summed E-state index contributed by atoms with van der Waals surface area (Å²) >= 11 is 0. The van der Waals surface area contributed by atoms with Gasteiger partial charge < -0.3 is 10.4 Å². The van der Waals surface area contributed by atoms with E-state index in [-0.39, 0.29) is 18.7 Å². The van der Waals surface area contributed by atoms with Gasteiger partial charge in [-0.15, -0.1) is 0 Å². The number of amides is 1. The van der Waals surface area contributed by atoms with E-state index < -0.39 is 12.0 Å². The van der Waals surface area contributed by atoms with Gasteiger partial charge in [0, 0.05) is 12.8 Å². The number of benzene rings is 2. The third kappa shape index (κ3) is 5.54. The van der Waals surface area contributed by atoms with Crippen LogP contribution in [0, 0.1) is 13.8 Å². The number of carbonyl (C=O) groups is 2. The largest absolute Gasteiger partial charge is 0.480 e. The van der Waals surface area contributed by atoms with Crippen molar-refractivity contribution in [3.05, 3.63) is 70.8 Å². The van der Waals surface area contributed by atoms with Crippen LogP contribution in [0.15, 0.2) is 48.5 Å². The molecule has 0 aliphatic heterocycles. The predicted octanol–water partition coefficient (Wildman–Crippen LogP) is 3.05. The summed E-state index contributed by atoms with van der Waals surface area (Å²) in [5.74, 6) is -1.25. The van der Waals surface area contributed by atoms with E-state index in [0.717, 1.165) is 22.3 Å². The van der Waals surface area contributed by atoms with Gasteiger partial charge in [0.25, 0.3) is 0 Å². The van der Waals surface area contributed by atoms with Crippen molar-refractivity contribution < 1.29 is 14.7 Å². The Balaban J connectivity index is 1.92. The highest BCUT2D eigenvalue weighted by molar-refractivity contribution is 5.83. The molecule has 0 aromatic heterocycles. The normalized spacial score (nSPS) is 11.8. The zero-order valence-electron chi connectivity index (χ0n) is 14.1. The Morgan fingerprint density at radius 2 is 1.62 bits per heavy atom. The zero-order valence-corrected chi connectivity index (χ0v) is 14.1. The second-order valence-electron chi connectivity index (χ2n) is 6.14. The Morgan fingerprint density at radius 3 is 2.21 bits per heavy atom.